The molecule has 1 aliphatic heterocycles. The van der Waals surface area contributed by atoms with Crippen molar-refractivity contribution in [3.63, 3.8) is 0 Å². The Balaban J connectivity index is 2.32. The number of carbonyl (C=O) groups excluding carboxylic acids is 11. The van der Waals surface area contributed by atoms with Crippen molar-refractivity contribution in [1.29, 1.82) is 0 Å². The Bertz CT molecular complexity index is 2920. The summed E-state index contributed by atoms with van der Waals surface area (Å²) in [6.07, 6.45) is -0.201. The molecule has 3 rings (SSSR count). The molecule has 12 atom stereocenters. The van der Waals surface area contributed by atoms with Crippen LogP contribution in [0, 0.1) is 41.4 Å². The molecule has 3 heterocycles. The molecule has 2 aromatic rings. The molecular formula is C64H109N15O13. The number of hydrogen-bond acceptors (Lipinski definition) is 16. The van der Waals surface area contributed by atoms with Crippen molar-refractivity contribution >= 4 is 76.1 Å². The molecule has 92 heavy (non-hydrogen) atoms. The molecule has 1 fully saturated rings. The van der Waals surface area contributed by atoms with Gasteiger partial charge in [-0.1, -0.05) is 96.9 Å². The van der Waals surface area contributed by atoms with E-state index in [9.17, 15) is 43.8 Å². The Morgan fingerprint density at radius 1 is 0.500 bits per heavy atom. The van der Waals surface area contributed by atoms with Crippen LogP contribution in [-0.2, 0) is 59.2 Å². The van der Waals surface area contributed by atoms with E-state index in [4.69, 9.17) is 0 Å². The van der Waals surface area contributed by atoms with E-state index in [2.05, 4.69) is 41.2 Å². The number of hydrogen-bond donors (Lipinski definition) is 7. The van der Waals surface area contributed by atoms with Crippen LogP contribution in [0.3, 0.4) is 0 Å². The van der Waals surface area contributed by atoms with E-state index in [1.807, 2.05) is 55.4 Å². The third-order valence-electron chi connectivity index (χ3n) is 17.2. The normalized spacial score (nSPS) is 25.7. The van der Waals surface area contributed by atoms with Crippen molar-refractivity contribution in [1.82, 2.24) is 75.5 Å². The van der Waals surface area contributed by atoms with Crippen LogP contribution in [0.1, 0.15) is 149 Å². The van der Waals surface area contributed by atoms with E-state index < -0.39 is 156 Å². The summed E-state index contributed by atoms with van der Waals surface area (Å²) in [6.45, 7) is 27.1. The fraction of sp³-hybridized carbons (Fsp3) is 0.750. The van der Waals surface area contributed by atoms with E-state index in [0.717, 1.165) is 16.1 Å². The zero-order valence-electron chi connectivity index (χ0n) is 58.8. The third kappa shape index (κ3) is 20.2. The zero-order valence-corrected chi connectivity index (χ0v) is 58.8. The number of aliphatic hydroxyl groups is 1. The number of imidazole rings is 1. The van der Waals surface area contributed by atoms with Gasteiger partial charge in [-0.2, -0.15) is 4.98 Å². The highest BCUT2D eigenvalue weighted by molar-refractivity contribution is 5.99. The molecule has 11 amide bonds. The lowest BCUT2D eigenvalue weighted by molar-refractivity contribution is -0.157. The van der Waals surface area contributed by atoms with Crippen molar-refractivity contribution in [3.05, 3.63) is 12.2 Å². The minimum atomic E-state index is -1.77. The summed E-state index contributed by atoms with van der Waals surface area (Å²) in [6, 6.07) is -12.9. The lowest BCUT2D eigenvalue weighted by Crippen LogP contribution is -2.63. The van der Waals surface area contributed by atoms with Gasteiger partial charge in [-0.3, -0.25) is 52.7 Å². The fourth-order valence-electron chi connectivity index (χ4n) is 11.6. The van der Waals surface area contributed by atoms with E-state index in [1.54, 1.807) is 41.5 Å². The van der Waals surface area contributed by atoms with Gasteiger partial charge in [-0.25, -0.2) is 9.97 Å². The fourth-order valence-corrected chi connectivity index (χ4v) is 11.6. The summed E-state index contributed by atoms with van der Waals surface area (Å²) in [4.78, 5) is 185. The summed E-state index contributed by atoms with van der Waals surface area (Å²) in [5.41, 5.74) is 0.250. The first kappa shape index (κ1) is 78.7. The number of fused-ring (bicyclic) bond motifs is 1. The molecule has 7 N–H and O–H groups in total. The summed E-state index contributed by atoms with van der Waals surface area (Å²) >= 11 is 0. The molecule has 28 nitrogen and oxygen atoms in total. The largest absolute Gasteiger partial charge is 0.492 e. The van der Waals surface area contributed by atoms with Gasteiger partial charge in [0.2, 0.25) is 70.9 Å². The number of rotatable bonds is 15. The second-order valence-electron chi connectivity index (χ2n) is 27.6. The Labute approximate surface area is 543 Å². The highest BCUT2D eigenvalue weighted by Gasteiger charge is 2.46. The number of amides is 11. The molecule has 0 aromatic carbocycles. The summed E-state index contributed by atoms with van der Waals surface area (Å²) in [5.74, 6) is -10.8. The Morgan fingerprint density at radius 2 is 0.957 bits per heavy atom. The zero-order chi connectivity index (χ0) is 70.4. The topological polar surface area (TPSA) is 353 Å². The SMILES string of the molecule is CC[C@@H]1NC(=O)[C@H]([C@H](O)[C@H](C)Cc2nc3ncnc(O)c3[nH]2)N(C)C(=O)[C@H](C(C)C)N(C)C(=O)[C@H](CC(C)C)N(C)C(=O)[C@H](CC(C)C)N(C)C(=O)[C@@H](C)NC(=O)[C@H](C)NC(=O)[C@H](CC(C)C)N(C)C(=O)[C@H](C(C)C)NC(=O)[C@H](CC(C)C)N(C)C(=O)CN(C)C1=O. The van der Waals surface area contributed by atoms with Crippen molar-refractivity contribution in [2.24, 2.45) is 41.4 Å². The second kappa shape index (κ2) is 34.4. The summed E-state index contributed by atoms with van der Waals surface area (Å²) in [5, 5.41) is 33.8. The van der Waals surface area contributed by atoms with Gasteiger partial charge >= 0.3 is 0 Å². The van der Waals surface area contributed by atoms with E-state index in [1.165, 1.54) is 87.7 Å². The highest BCUT2D eigenvalue weighted by atomic mass is 16.3. The number of nitrogens with one attached hydrogen (secondary N) is 5. The molecule has 2 aromatic heterocycles. The molecule has 518 valence electrons. The average Bonchev–Trinajstić information content (AvgIpc) is 1.50. The summed E-state index contributed by atoms with van der Waals surface area (Å²) in [7, 11) is 9.73. The van der Waals surface area contributed by atoms with Crippen LogP contribution < -0.4 is 21.3 Å². The molecular weight excluding hydrogens is 1190 g/mol. The first-order chi connectivity index (χ1) is 42.6. The monoisotopic (exact) mass is 1300 g/mol. The van der Waals surface area contributed by atoms with Gasteiger partial charge in [0.15, 0.2) is 5.65 Å². The van der Waals surface area contributed by atoms with Crippen LogP contribution in [0.25, 0.3) is 11.2 Å². The lowest BCUT2D eigenvalue weighted by Gasteiger charge is -2.41. The standard InChI is InChI=1S/C64H109N15O13/c1-24-41-60(88)73(17)30-47(80)74(18)42(25-32(2)3)56(84)72-48(36(10)11)63(91)75(19)43(26-33(4)5)55(83)67-39(15)54(82)68-40(16)59(87)76(20)44(27-34(6)7)61(89)77(21)45(28-35(8)9)62(90)78(22)50(37(12)13)64(92)79(23)51(58(86)69-41)52(81)38(14)29-46-70-49-53(71-46)65-31-66-57(49)85/h31-45,48,50-52,81H,24-30H2,1-23H3,(H,67,83)(H,68,82)(H,69,86)(H,72,84)(H2,65,66,70,71,85)/t38-,39+,40-,41+,42+,43+,44+,45+,48+,50+,51+,52-/m1/s1. The Morgan fingerprint density at radius 3 is 1.45 bits per heavy atom. The highest BCUT2D eigenvalue weighted by Crippen LogP contribution is 2.27. The second-order valence-corrected chi connectivity index (χ2v) is 27.6. The molecule has 0 spiro atoms. The van der Waals surface area contributed by atoms with Crippen molar-refractivity contribution in [3.8, 4) is 5.88 Å². The summed E-state index contributed by atoms with van der Waals surface area (Å²) < 4.78 is 0. The molecule has 0 aliphatic carbocycles. The number of aromatic hydroxyl groups is 1. The first-order valence-electron chi connectivity index (χ1n) is 32.2. The van der Waals surface area contributed by atoms with E-state index >= 15 is 19.2 Å². The van der Waals surface area contributed by atoms with E-state index in [0.29, 0.717) is 0 Å². The molecule has 28 heteroatoms. The molecule has 1 aliphatic rings. The number of nitrogens with zero attached hydrogens (tertiary/aromatic N) is 10. The Kier molecular flexibility index (Phi) is 29.4. The number of carbonyl (C=O) groups is 11. The molecule has 0 bridgehead atoms. The van der Waals surface area contributed by atoms with Crippen LogP contribution in [-0.4, -0.2) is 252 Å². The van der Waals surface area contributed by atoms with Gasteiger partial charge in [0.1, 0.15) is 78.1 Å². The molecule has 1 saturated heterocycles. The maximum Gasteiger partial charge on any atom is 0.246 e. The number of aliphatic hydroxyl groups excluding tert-OH is 1. The van der Waals surface area contributed by atoms with Crippen LogP contribution >= 0.6 is 0 Å². The van der Waals surface area contributed by atoms with Crippen LogP contribution in [0.5, 0.6) is 5.88 Å². The number of likely N-dealkylation sites (N-methyl/N-ethyl adjacent to an activating group) is 7. The van der Waals surface area contributed by atoms with Gasteiger partial charge < -0.3 is 70.8 Å². The number of H-pyrrole nitrogens is 1. The third-order valence-corrected chi connectivity index (χ3v) is 17.2. The predicted octanol–water partition coefficient (Wildman–Crippen LogP) is 1.92. The quantitative estimate of drug-likeness (QED) is 0.134. The van der Waals surface area contributed by atoms with Gasteiger partial charge in [-0.05, 0) is 87.4 Å². The smallest absolute Gasteiger partial charge is 0.246 e. The van der Waals surface area contributed by atoms with Gasteiger partial charge in [0.05, 0.1) is 12.6 Å². The van der Waals surface area contributed by atoms with E-state index in [-0.39, 0.29) is 85.1 Å². The number of aromatic nitrogens is 4. The molecule has 0 unspecified atom stereocenters. The first-order valence-corrected chi connectivity index (χ1v) is 32.2. The Hall–Kier alpha value is -7.52. The minimum Gasteiger partial charge on any atom is -0.492 e. The average molecular weight is 1300 g/mol. The number of aromatic amines is 1. The van der Waals surface area contributed by atoms with Crippen LogP contribution in [0.4, 0.5) is 0 Å². The molecule has 0 saturated carbocycles. The van der Waals surface area contributed by atoms with Crippen LogP contribution in [0.2, 0.25) is 0 Å². The minimum absolute atomic E-state index is 0.0417. The predicted molar refractivity (Wildman–Crippen MR) is 346 cm³/mol. The maximum absolute atomic E-state index is 15.4. The van der Waals surface area contributed by atoms with Gasteiger partial charge in [0, 0.05) is 55.8 Å². The van der Waals surface area contributed by atoms with Crippen molar-refractivity contribution < 1.29 is 63.0 Å². The van der Waals surface area contributed by atoms with Gasteiger partial charge in [-0.15, -0.1) is 0 Å². The van der Waals surface area contributed by atoms with Crippen molar-refractivity contribution in [2.45, 2.75) is 216 Å². The van der Waals surface area contributed by atoms with Gasteiger partial charge in [0.25, 0.3) is 0 Å². The lowest BCUT2D eigenvalue weighted by atomic mass is 9.91. The molecule has 0 radical (unpaired) electrons. The maximum atomic E-state index is 15.4. The van der Waals surface area contributed by atoms with Crippen molar-refractivity contribution in [2.75, 3.05) is 55.9 Å². The van der Waals surface area contributed by atoms with Crippen LogP contribution in [0.15, 0.2) is 6.33 Å².